The van der Waals surface area contributed by atoms with Gasteiger partial charge in [-0.15, -0.1) is 0 Å². The van der Waals surface area contributed by atoms with Crippen molar-refractivity contribution in [1.29, 1.82) is 0 Å². The Hall–Kier alpha value is -0.570. The summed E-state index contributed by atoms with van der Waals surface area (Å²) in [5.41, 5.74) is 5.76. The van der Waals surface area contributed by atoms with E-state index in [9.17, 15) is 4.79 Å². The van der Waals surface area contributed by atoms with Crippen LogP contribution in [0, 0.1) is 0 Å². The smallest absolute Gasteiger partial charge is 0.224 e. The molecule has 3 heteroatoms. The Morgan fingerprint density at radius 1 is 1.23 bits per heavy atom. The highest BCUT2D eigenvalue weighted by Gasteiger charge is 2.32. The van der Waals surface area contributed by atoms with Gasteiger partial charge in [0.05, 0.1) is 0 Å². The van der Waals surface area contributed by atoms with Crippen LogP contribution >= 0.6 is 0 Å². The normalized spacial score (nSPS) is 31.3. The fourth-order valence-corrected chi connectivity index (χ4v) is 2.51. The number of nitrogens with two attached hydrogens (primary N) is 1. The van der Waals surface area contributed by atoms with E-state index in [2.05, 4.69) is 0 Å². The Morgan fingerprint density at radius 3 is 2.46 bits per heavy atom. The van der Waals surface area contributed by atoms with Crippen LogP contribution < -0.4 is 5.73 Å². The molecule has 1 aliphatic carbocycles. The maximum absolute atomic E-state index is 11.5. The summed E-state index contributed by atoms with van der Waals surface area (Å²) in [6.07, 6.45) is 6.85. The monoisotopic (exact) mass is 182 g/mol. The number of amides is 1. The quantitative estimate of drug-likeness (QED) is 0.654. The van der Waals surface area contributed by atoms with Crippen LogP contribution in [0.5, 0.6) is 0 Å². The number of rotatable bonds is 1. The van der Waals surface area contributed by atoms with E-state index >= 15 is 0 Å². The largest absolute Gasteiger partial charge is 0.338 e. The maximum atomic E-state index is 11.5. The Morgan fingerprint density at radius 2 is 1.92 bits per heavy atom. The van der Waals surface area contributed by atoms with Gasteiger partial charge in [0, 0.05) is 25.0 Å². The second kappa shape index (κ2) is 3.66. The lowest BCUT2D eigenvalue weighted by molar-refractivity contribution is -0.130. The molecule has 13 heavy (non-hydrogen) atoms. The molecule has 0 unspecified atom stereocenters. The van der Waals surface area contributed by atoms with Crippen LogP contribution in [0.4, 0.5) is 0 Å². The van der Waals surface area contributed by atoms with Gasteiger partial charge in [-0.3, -0.25) is 4.79 Å². The average Bonchev–Trinajstić information content (AvgIpc) is 2.47. The highest BCUT2D eigenvalue weighted by Crippen LogP contribution is 2.25. The molecule has 1 atom stereocenters. The molecule has 0 bridgehead atoms. The van der Waals surface area contributed by atoms with Crippen LogP contribution in [0.15, 0.2) is 0 Å². The predicted octanol–water partition coefficient (Wildman–Crippen LogP) is 0.879. The van der Waals surface area contributed by atoms with Crippen molar-refractivity contribution in [3.8, 4) is 0 Å². The van der Waals surface area contributed by atoms with Crippen LogP contribution in [0.1, 0.15) is 38.5 Å². The maximum Gasteiger partial charge on any atom is 0.224 e. The SMILES string of the molecule is N[C@@H]1CC(=O)N(C2CCCCC2)C1. The van der Waals surface area contributed by atoms with Gasteiger partial charge in [-0.1, -0.05) is 19.3 Å². The van der Waals surface area contributed by atoms with Crippen LogP contribution in [0.25, 0.3) is 0 Å². The number of hydrogen-bond acceptors (Lipinski definition) is 2. The van der Waals surface area contributed by atoms with Gasteiger partial charge < -0.3 is 10.6 Å². The first kappa shape index (κ1) is 9.00. The van der Waals surface area contributed by atoms with E-state index in [1.807, 2.05) is 4.90 Å². The first-order valence-electron chi connectivity index (χ1n) is 5.32. The Balaban J connectivity index is 1.95. The molecule has 0 spiro atoms. The molecule has 1 amide bonds. The van der Waals surface area contributed by atoms with Crippen molar-refractivity contribution in [3.63, 3.8) is 0 Å². The molecule has 1 saturated carbocycles. The summed E-state index contributed by atoms with van der Waals surface area (Å²) in [7, 11) is 0. The Bertz CT molecular complexity index is 199. The molecule has 0 aromatic rings. The summed E-state index contributed by atoms with van der Waals surface area (Å²) in [5.74, 6) is 0.277. The summed E-state index contributed by atoms with van der Waals surface area (Å²) < 4.78 is 0. The third kappa shape index (κ3) is 1.85. The van der Waals surface area contributed by atoms with Gasteiger partial charge in [0.15, 0.2) is 0 Å². The van der Waals surface area contributed by atoms with E-state index in [0.29, 0.717) is 12.5 Å². The average molecular weight is 182 g/mol. The van der Waals surface area contributed by atoms with E-state index in [1.165, 1.54) is 32.1 Å². The Labute approximate surface area is 79.3 Å². The second-order valence-corrected chi connectivity index (χ2v) is 4.30. The van der Waals surface area contributed by atoms with Crippen molar-refractivity contribution in [2.45, 2.75) is 50.6 Å². The van der Waals surface area contributed by atoms with E-state index in [4.69, 9.17) is 5.73 Å². The fraction of sp³-hybridized carbons (Fsp3) is 0.900. The zero-order chi connectivity index (χ0) is 9.26. The summed E-state index contributed by atoms with van der Waals surface area (Å²) >= 11 is 0. The van der Waals surface area contributed by atoms with Crippen molar-refractivity contribution in [3.05, 3.63) is 0 Å². The summed E-state index contributed by atoms with van der Waals surface area (Å²) in [6.45, 7) is 0.795. The first-order chi connectivity index (χ1) is 6.27. The molecular weight excluding hydrogens is 164 g/mol. The molecule has 2 aliphatic rings. The van der Waals surface area contributed by atoms with Crippen molar-refractivity contribution < 1.29 is 4.79 Å². The van der Waals surface area contributed by atoms with E-state index < -0.39 is 0 Å². The molecule has 1 heterocycles. The first-order valence-corrected chi connectivity index (χ1v) is 5.32. The molecule has 74 valence electrons. The molecule has 1 saturated heterocycles. The van der Waals surface area contributed by atoms with Gasteiger partial charge >= 0.3 is 0 Å². The molecule has 3 nitrogen and oxygen atoms in total. The van der Waals surface area contributed by atoms with Crippen LogP contribution in [0.3, 0.4) is 0 Å². The van der Waals surface area contributed by atoms with Gasteiger partial charge in [0.25, 0.3) is 0 Å². The molecule has 0 aromatic heterocycles. The molecule has 0 aromatic carbocycles. The lowest BCUT2D eigenvalue weighted by Gasteiger charge is -2.31. The standard InChI is InChI=1S/C10H18N2O/c11-8-6-10(13)12(7-8)9-4-2-1-3-5-9/h8-9H,1-7,11H2/t8-/m1/s1. The molecular formula is C10H18N2O. The summed E-state index contributed by atoms with van der Waals surface area (Å²) in [6, 6.07) is 0.601. The van der Waals surface area contributed by atoms with E-state index in [0.717, 1.165) is 6.54 Å². The minimum atomic E-state index is 0.0921. The van der Waals surface area contributed by atoms with Gasteiger partial charge in [-0.25, -0.2) is 0 Å². The number of hydrogen-bond donors (Lipinski definition) is 1. The van der Waals surface area contributed by atoms with Crippen LogP contribution in [-0.2, 0) is 4.79 Å². The third-order valence-corrected chi connectivity index (χ3v) is 3.20. The molecule has 2 N–H and O–H groups in total. The zero-order valence-corrected chi connectivity index (χ0v) is 8.04. The highest BCUT2D eigenvalue weighted by atomic mass is 16.2. The Kier molecular flexibility index (Phi) is 2.54. The number of nitrogens with zero attached hydrogens (tertiary/aromatic N) is 1. The van der Waals surface area contributed by atoms with Gasteiger partial charge in [0.2, 0.25) is 5.91 Å². The van der Waals surface area contributed by atoms with Crippen LogP contribution in [-0.4, -0.2) is 29.4 Å². The number of carbonyl (C=O) groups excluding carboxylic acids is 1. The number of likely N-dealkylation sites (tertiary alicyclic amines) is 1. The zero-order valence-electron chi connectivity index (χ0n) is 8.04. The van der Waals surface area contributed by atoms with Gasteiger partial charge in [-0.05, 0) is 12.8 Å². The van der Waals surface area contributed by atoms with Crippen molar-refractivity contribution in [2.24, 2.45) is 5.73 Å². The van der Waals surface area contributed by atoms with Gasteiger partial charge in [0.1, 0.15) is 0 Å². The molecule has 2 fully saturated rings. The molecule has 0 radical (unpaired) electrons. The molecule has 1 aliphatic heterocycles. The lowest BCUT2D eigenvalue weighted by atomic mass is 9.94. The van der Waals surface area contributed by atoms with Crippen LogP contribution in [0.2, 0.25) is 0 Å². The summed E-state index contributed by atoms with van der Waals surface area (Å²) in [5, 5.41) is 0. The third-order valence-electron chi connectivity index (χ3n) is 3.20. The fourth-order valence-electron chi connectivity index (χ4n) is 2.51. The van der Waals surface area contributed by atoms with E-state index in [1.54, 1.807) is 0 Å². The minimum Gasteiger partial charge on any atom is -0.338 e. The summed E-state index contributed by atoms with van der Waals surface area (Å²) in [4.78, 5) is 13.5. The predicted molar refractivity (Wildman–Crippen MR) is 51.2 cm³/mol. The van der Waals surface area contributed by atoms with Crippen molar-refractivity contribution >= 4 is 5.91 Å². The second-order valence-electron chi connectivity index (χ2n) is 4.30. The van der Waals surface area contributed by atoms with Crippen molar-refractivity contribution in [2.75, 3.05) is 6.54 Å². The highest BCUT2D eigenvalue weighted by molar-refractivity contribution is 5.79. The van der Waals surface area contributed by atoms with Crippen molar-refractivity contribution in [1.82, 2.24) is 4.90 Å². The minimum absolute atomic E-state index is 0.0921. The molecule has 2 rings (SSSR count). The topological polar surface area (TPSA) is 46.3 Å². The number of carbonyl (C=O) groups is 1. The van der Waals surface area contributed by atoms with Gasteiger partial charge in [-0.2, -0.15) is 0 Å². The van der Waals surface area contributed by atoms with E-state index in [-0.39, 0.29) is 11.9 Å². The lowest BCUT2D eigenvalue weighted by Crippen LogP contribution is -2.39.